The molecular weight excluding hydrogens is 196 g/mol. The molecule has 2 heteroatoms. The fraction of sp³-hybridized carbons (Fsp3) is 0.214. The quantitative estimate of drug-likeness (QED) is 0.599. The lowest BCUT2D eigenvalue weighted by atomic mass is 10.1. The van der Waals surface area contributed by atoms with Gasteiger partial charge in [0, 0.05) is 11.3 Å². The molecule has 2 nitrogen and oxygen atoms in total. The molecule has 0 radical (unpaired) electrons. The summed E-state index contributed by atoms with van der Waals surface area (Å²) in [6.07, 6.45) is 2.39. The van der Waals surface area contributed by atoms with Gasteiger partial charge < -0.3 is 5.73 Å². The molecule has 80 valence electrons. The first-order chi connectivity index (χ1) is 7.84. The van der Waals surface area contributed by atoms with Gasteiger partial charge in [0.2, 0.25) is 0 Å². The van der Waals surface area contributed by atoms with E-state index in [1.165, 1.54) is 23.6 Å². The molecule has 1 saturated carbocycles. The van der Waals surface area contributed by atoms with Crippen molar-refractivity contribution in [3.63, 3.8) is 0 Å². The molecule has 0 spiro atoms. The minimum atomic E-state index is 0.527. The molecule has 16 heavy (non-hydrogen) atoms. The number of aliphatic imine (C=N–C) groups is 1. The lowest BCUT2D eigenvalue weighted by Crippen LogP contribution is -2.13. The maximum Gasteiger partial charge on any atom is 0.103 e. The molecule has 2 N–H and O–H groups in total. The van der Waals surface area contributed by atoms with Gasteiger partial charge in [0.05, 0.1) is 5.69 Å². The fourth-order valence-electron chi connectivity index (χ4n) is 1.92. The normalized spacial score (nSPS) is 16.6. The Labute approximate surface area is 94.8 Å². The number of fused-ring (bicyclic) bond motifs is 1. The van der Waals surface area contributed by atoms with Crippen LogP contribution in [0, 0.1) is 5.92 Å². The molecule has 2 aromatic rings. The molecule has 1 aliphatic carbocycles. The number of nitrogens with two attached hydrogens (primary N) is 1. The Morgan fingerprint density at radius 3 is 2.62 bits per heavy atom. The molecule has 1 aliphatic rings. The maximum atomic E-state index is 5.95. The molecule has 1 fully saturated rings. The molecule has 0 unspecified atom stereocenters. The molecule has 0 aliphatic heterocycles. The van der Waals surface area contributed by atoms with E-state index in [9.17, 15) is 0 Å². The van der Waals surface area contributed by atoms with Crippen molar-refractivity contribution in [3.05, 3.63) is 42.5 Å². The SMILES string of the molecule is NC(=Nc1cccc2ccccc12)C1CC1. The Hall–Kier alpha value is -1.83. The second-order valence-electron chi connectivity index (χ2n) is 4.31. The van der Waals surface area contributed by atoms with Gasteiger partial charge in [0.25, 0.3) is 0 Å². The van der Waals surface area contributed by atoms with E-state index in [0.29, 0.717) is 5.92 Å². The highest BCUT2D eigenvalue weighted by atomic mass is 14.9. The monoisotopic (exact) mass is 210 g/mol. The van der Waals surface area contributed by atoms with Gasteiger partial charge in [0.1, 0.15) is 5.84 Å². The average Bonchev–Trinajstić information content (AvgIpc) is 3.13. The van der Waals surface area contributed by atoms with Gasteiger partial charge >= 0.3 is 0 Å². The average molecular weight is 210 g/mol. The minimum absolute atomic E-state index is 0.527. The van der Waals surface area contributed by atoms with Gasteiger partial charge in [-0.15, -0.1) is 0 Å². The zero-order chi connectivity index (χ0) is 11.0. The fourth-order valence-corrected chi connectivity index (χ4v) is 1.92. The van der Waals surface area contributed by atoms with Crippen LogP contribution in [-0.2, 0) is 0 Å². The summed E-state index contributed by atoms with van der Waals surface area (Å²) in [5.41, 5.74) is 6.94. The Bertz CT molecular complexity index is 548. The summed E-state index contributed by atoms with van der Waals surface area (Å²) in [5.74, 6) is 1.32. The van der Waals surface area contributed by atoms with Crippen molar-refractivity contribution in [2.75, 3.05) is 0 Å². The van der Waals surface area contributed by atoms with Crippen molar-refractivity contribution in [2.24, 2.45) is 16.6 Å². The molecule has 0 bridgehead atoms. The van der Waals surface area contributed by atoms with Crippen molar-refractivity contribution >= 4 is 22.3 Å². The van der Waals surface area contributed by atoms with Crippen molar-refractivity contribution in [3.8, 4) is 0 Å². The minimum Gasteiger partial charge on any atom is -0.387 e. The highest BCUT2D eigenvalue weighted by Gasteiger charge is 2.25. The van der Waals surface area contributed by atoms with Crippen LogP contribution in [0.3, 0.4) is 0 Å². The first kappa shape index (κ1) is 9.40. The highest BCUT2D eigenvalue weighted by Crippen LogP contribution is 2.32. The van der Waals surface area contributed by atoms with Crippen LogP contribution in [0.4, 0.5) is 5.69 Å². The zero-order valence-corrected chi connectivity index (χ0v) is 9.06. The number of benzene rings is 2. The van der Waals surface area contributed by atoms with E-state index in [4.69, 9.17) is 5.73 Å². The number of rotatable bonds is 2. The molecule has 0 amide bonds. The summed E-state index contributed by atoms with van der Waals surface area (Å²) in [7, 11) is 0. The second kappa shape index (κ2) is 3.63. The standard InChI is InChI=1S/C14H14N2/c15-14(11-8-9-11)16-13-7-3-5-10-4-1-2-6-12(10)13/h1-7,11H,8-9H2,(H2,15,16). The topological polar surface area (TPSA) is 38.4 Å². The predicted molar refractivity (Wildman–Crippen MR) is 68.0 cm³/mol. The summed E-state index contributed by atoms with van der Waals surface area (Å²) in [6, 6.07) is 14.4. The Balaban J connectivity index is 2.12. The molecule has 0 heterocycles. The summed E-state index contributed by atoms with van der Waals surface area (Å²) in [5, 5.41) is 2.39. The van der Waals surface area contributed by atoms with Crippen LogP contribution in [-0.4, -0.2) is 5.84 Å². The summed E-state index contributed by atoms with van der Waals surface area (Å²) in [6.45, 7) is 0. The van der Waals surface area contributed by atoms with Crippen LogP contribution in [0.1, 0.15) is 12.8 Å². The van der Waals surface area contributed by atoms with E-state index in [2.05, 4.69) is 23.2 Å². The van der Waals surface area contributed by atoms with Gasteiger partial charge in [0.15, 0.2) is 0 Å². The second-order valence-corrected chi connectivity index (χ2v) is 4.31. The number of amidine groups is 1. The van der Waals surface area contributed by atoms with Crippen LogP contribution in [0.2, 0.25) is 0 Å². The van der Waals surface area contributed by atoms with Crippen molar-refractivity contribution in [1.29, 1.82) is 0 Å². The van der Waals surface area contributed by atoms with Crippen LogP contribution in [0.5, 0.6) is 0 Å². The van der Waals surface area contributed by atoms with Crippen LogP contribution >= 0.6 is 0 Å². The highest BCUT2D eigenvalue weighted by molar-refractivity contribution is 5.96. The van der Waals surface area contributed by atoms with Crippen LogP contribution < -0.4 is 5.73 Å². The summed E-state index contributed by atoms with van der Waals surface area (Å²) in [4.78, 5) is 4.54. The third kappa shape index (κ3) is 1.67. The van der Waals surface area contributed by atoms with E-state index in [1.807, 2.05) is 24.3 Å². The largest absolute Gasteiger partial charge is 0.387 e. The van der Waals surface area contributed by atoms with E-state index in [-0.39, 0.29) is 0 Å². The van der Waals surface area contributed by atoms with E-state index < -0.39 is 0 Å². The first-order valence-electron chi connectivity index (χ1n) is 5.66. The molecule has 0 aromatic heterocycles. The number of hydrogen-bond acceptors (Lipinski definition) is 1. The third-order valence-electron chi connectivity index (χ3n) is 3.01. The Morgan fingerprint density at radius 2 is 1.81 bits per heavy atom. The third-order valence-corrected chi connectivity index (χ3v) is 3.01. The zero-order valence-electron chi connectivity index (χ0n) is 9.06. The van der Waals surface area contributed by atoms with Crippen LogP contribution in [0.25, 0.3) is 10.8 Å². The van der Waals surface area contributed by atoms with Gasteiger partial charge in [-0.1, -0.05) is 36.4 Å². The number of hydrogen-bond donors (Lipinski definition) is 1. The molecule has 0 saturated heterocycles. The summed E-state index contributed by atoms with van der Waals surface area (Å²) >= 11 is 0. The lowest BCUT2D eigenvalue weighted by molar-refractivity contribution is 1.16. The van der Waals surface area contributed by atoms with Crippen LogP contribution in [0.15, 0.2) is 47.5 Å². The van der Waals surface area contributed by atoms with Gasteiger partial charge in [-0.2, -0.15) is 0 Å². The van der Waals surface area contributed by atoms with E-state index in [1.54, 1.807) is 0 Å². The lowest BCUT2D eigenvalue weighted by Gasteiger charge is -2.03. The van der Waals surface area contributed by atoms with E-state index >= 15 is 0 Å². The first-order valence-corrected chi connectivity index (χ1v) is 5.66. The maximum absolute atomic E-state index is 5.95. The van der Waals surface area contributed by atoms with Gasteiger partial charge in [-0.05, 0) is 24.3 Å². The molecule has 0 atom stereocenters. The van der Waals surface area contributed by atoms with Crippen molar-refractivity contribution in [2.45, 2.75) is 12.8 Å². The molecule has 2 aromatic carbocycles. The Kier molecular flexibility index (Phi) is 2.13. The predicted octanol–water partition coefficient (Wildman–Crippen LogP) is 3.24. The van der Waals surface area contributed by atoms with Gasteiger partial charge in [-0.3, -0.25) is 0 Å². The summed E-state index contributed by atoms with van der Waals surface area (Å²) < 4.78 is 0. The number of nitrogens with zero attached hydrogens (tertiary/aromatic N) is 1. The smallest absolute Gasteiger partial charge is 0.103 e. The van der Waals surface area contributed by atoms with E-state index in [0.717, 1.165) is 11.5 Å². The van der Waals surface area contributed by atoms with Crippen molar-refractivity contribution in [1.82, 2.24) is 0 Å². The Morgan fingerprint density at radius 1 is 1.06 bits per heavy atom. The van der Waals surface area contributed by atoms with Crippen molar-refractivity contribution < 1.29 is 0 Å². The van der Waals surface area contributed by atoms with Gasteiger partial charge in [-0.25, -0.2) is 4.99 Å². The molecular formula is C14H14N2. The molecule has 3 rings (SSSR count).